The summed E-state index contributed by atoms with van der Waals surface area (Å²) in [5, 5.41) is 9.27. The van der Waals surface area contributed by atoms with Crippen LogP contribution >= 0.6 is 0 Å². The van der Waals surface area contributed by atoms with Gasteiger partial charge in [0.2, 0.25) is 5.91 Å². The molecule has 1 heterocycles. The number of rotatable bonds is 7. The fourth-order valence-corrected chi connectivity index (χ4v) is 2.48. The fraction of sp³-hybridized carbons (Fsp3) is 0.375. The van der Waals surface area contributed by atoms with Gasteiger partial charge in [0.1, 0.15) is 5.92 Å². The van der Waals surface area contributed by atoms with E-state index in [4.69, 9.17) is 4.74 Å². The van der Waals surface area contributed by atoms with Crippen LogP contribution in [0, 0.1) is 0 Å². The zero-order valence-electron chi connectivity index (χ0n) is 11.8. The molecular formula is C16H19NO4. The maximum Gasteiger partial charge on any atom is 0.312 e. The number of hydrogen-bond acceptors (Lipinski definition) is 3. The molecule has 1 aliphatic rings. The highest BCUT2D eigenvalue weighted by molar-refractivity contribution is 5.98. The number of hydrogen-bond donors (Lipinski definition) is 1. The number of nitrogens with zero attached hydrogens (tertiary/aromatic N) is 1. The second-order valence-corrected chi connectivity index (χ2v) is 4.92. The minimum absolute atomic E-state index is 0.0617. The first-order valence-electron chi connectivity index (χ1n) is 6.96. The van der Waals surface area contributed by atoms with Crippen LogP contribution < -0.4 is 4.90 Å². The molecule has 5 heteroatoms. The first-order chi connectivity index (χ1) is 10.1. The molecule has 0 aliphatic carbocycles. The third kappa shape index (κ3) is 3.49. The fourth-order valence-electron chi connectivity index (χ4n) is 2.48. The Hall–Kier alpha value is -2.14. The summed E-state index contributed by atoms with van der Waals surface area (Å²) in [6.45, 7) is 4.73. The highest BCUT2D eigenvalue weighted by atomic mass is 16.5. The second kappa shape index (κ2) is 7.04. The van der Waals surface area contributed by atoms with Crippen molar-refractivity contribution in [2.45, 2.75) is 18.8 Å². The molecule has 1 aliphatic heterocycles. The van der Waals surface area contributed by atoms with Crippen molar-refractivity contribution in [2.24, 2.45) is 0 Å². The van der Waals surface area contributed by atoms with Crippen molar-refractivity contribution in [1.29, 1.82) is 0 Å². The van der Waals surface area contributed by atoms with E-state index in [0.29, 0.717) is 37.3 Å². The number of amides is 1. The van der Waals surface area contributed by atoms with Crippen LogP contribution in [0.3, 0.4) is 0 Å². The monoisotopic (exact) mass is 289 g/mol. The number of carbonyl (C=O) groups excluding carboxylic acids is 1. The van der Waals surface area contributed by atoms with E-state index in [0.717, 1.165) is 0 Å². The van der Waals surface area contributed by atoms with Crippen LogP contribution in [0.5, 0.6) is 0 Å². The number of carboxylic acids is 1. The van der Waals surface area contributed by atoms with E-state index in [-0.39, 0.29) is 12.5 Å². The summed E-state index contributed by atoms with van der Waals surface area (Å²) in [4.78, 5) is 25.1. The molecule has 0 bridgehead atoms. The lowest BCUT2D eigenvalue weighted by Gasteiger charge is -2.17. The summed E-state index contributed by atoms with van der Waals surface area (Å²) in [7, 11) is 0. The molecule has 1 unspecified atom stereocenters. The van der Waals surface area contributed by atoms with E-state index in [1.807, 2.05) is 6.07 Å². The highest BCUT2D eigenvalue weighted by Crippen LogP contribution is 2.36. The largest absolute Gasteiger partial charge is 0.481 e. The van der Waals surface area contributed by atoms with E-state index < -0.39 is 11.9 Å². The molecule has 1 aromatic rings. The van der Waals surface area contributed by atoms with Gasteiger partial charge in [0, 0.05) is 25.3 Å². The lowest BCUT2D eigenvalue weighted by atomic mass is 10.0. The van der Waals surface area contributed by atoms with E-state index in [1.165, 1.54) is 0 Å². The summed E-state index contributed by atoms with van der Waals surface area (Å²) >= 11 is 0. The molecule has 0 aromatic heterocycles. The van der Waals surface area contributed by atoms with Crippen LogP contribution in [0.1, 0.15) is 24.3 Å². The van der Waals surface area contributed by atoms with Gasteiger partial charge < -0.3 is 14.7 Å². The Morgan fingerprint density at radius 2 is 2.19 bits per heavy atom. The van der Waals surface area contributed by atoms with Gasteiger partial charge in [0.05, 0.1) is 6.61 Å². The van der Waals surface area contributed by atoms with Crippen molar-refractivity contribution >= 4 is 17.6 Å². The van der Waals surface area contributed by atoms with Crippen molar-refractivity contribution in [3.05, 3.63) is 42.5 Å². The van der Waals surface area contributed by atoms with Gasteiger partial charge in [0.15, 0.2) is 0 Å². The van der Waals surface area contributed by atoms with Crippen LogP contribution in [-0.4, -0.2) is 36.7 Å². The molecular weight excluding hydrogens is 270 g/mol. The zero-order valence-corrected chi connectivity index (χ0v) is 11.8. The molecule has 5 nitrogen and oxygen atoms in total. The average molecular weight is 289 g/mol. The lowest BCUT2D eigenvalue weighted by molar-refractivity contribution is -0.138. The Bertz CT molecular complexity index is 541. The number of fused-ring (bicyclic) bond motifs is 1. The Morgan fingerprint density at radius 1 is 1.43 bits per heavy atom. The highest BCUT2D eigenvalue weighted by Gasteiger charge is 2.35. The number of benzene rings is 1. The van der Waals surface area contributed by atoms with Gasteiger partial charge in [-0.3, -0.25) is 9.59 Å². The second-order valence-electron chi connectivity index (χ2n) is 4.92. The molecule has 0 saturated carbocycles. The van der Waals surface area contributed by atoms with Gasteiger partial charge >= 0.3 is 5.97 Å². The number of carbonyl (C=O) groups is 2. The summed E-state index contributed by atoms with van der Waals surface area (Å²) in [5.74, 6) is -1.59. The van der Waals surface area contributed by atoms with Crippen LogP contribution in [-0.2, 0) is 14.3 Å². The van der Waals surface area contributed by atoms with Crippen molar-refractivity contribution < 1.29 is 19.4 Å². The summed E-state index contributed by atoms with van der Waals surface area (Å²) < 4.78 is 5.24. The van der Waals surface area contributed by atoms with Crippen molar-refractivity contribution in [2.75, 3.05) is 24.7 Å². The third-order valence-electron chi connectivity index (χ3n) is 3.48. The maximum absolute atomic E-state index is 12.3. The molecule has 1 amide bonds. The SMILES string of the molecule is C=CCOCCCC(=O)N1CC(C(=O)O)c2ccccc21. The van der Waals surface area contributed by atoms with Crippen LogP contribution in [0.2, 0.25) is 0 Å². The third-order valence-corrected chi connectivity index (χ3v) is 3.48. The van der Waals surface area contributed by atoms with Crippen LogP contribution in [0.25, 0.3) is 0 Å². The minimum Gasteiger partial charge on any atom is -0.481 e. The van der Waals surface area contributed by atoms with E-state index in [1.54, 1.807) is 29.2 Å². The van der Waals surface area contributed by atoms with Gasteiger partial charge in [-0.1, -0.05) is 24.3 Å². The molecule has 0 radical (unpaired) electrons. The smallest absolute Gasteiger partial charge is 0.312 e. The van der Waals surface area contributed by atoms with Gasteiger partial charge in [-0.15, -0.1) is 6.58 Å². The Labute approximate surface area is 123 Å². The van der Waals surface area contributed by atoms with Gasteiger partial charge in [0.25, 0.3) is 0 Å². The molecule has 0 saturated heterocycles. The topological polar surface area (TPSA) is 66.8 Å². The van der Waals surface area contributed by atoms with Gasteiger partial charge in [-0.25, -0.2) is 0 Å². The zero-order chi connectivity index (χ0) is 15.2. The summed E-state index contributed by atoms with van der Waals surface area (Å²) in [6, 6.07) is 7.18. The Balaban J connectivity index is 1.99. The van der Waals surface area contributed by atoms with Crippen molar-refractivity contribution in [3.8, 4) is 0 Å². The summed E-state index contributed by atoms with van der Waals surface area (Å²) in [5.41, 5.74) is 1.42. The van der Waals surface area contributed by atoms with E-state index in [2.05, 4.69) is 6.58 Å². The Morgan fingerprint density at radius 3 is 2.90 bits per heavy atom. The number of anilines is 1. The molecule has 0 fully saturated rings. The number of carboxylic acid groups (broad SMARTS) is 1. The normalized spacial score (nSPS) is 16.6. The molecule has 2 rings (SSSR count). The number of ether oxygens (including phenoxy) is 1. The molecule has 1 N–H and O–H groups in total. The minimum atomic E-state index is -0.896. The predicted octanol–water partition coefficient (Wildman–Crippen LogP) is 2.18. The maximum atomic E-state index is 12.3. The quantitative estimate of drug-likeness (QED) is 0.617. The van der Waals surface area contributed by atoms with Gasteiger partial charge in [-0.05, 0) is 18.1 Å². The molecule has 1 aromatic carbocycles. The first-order valence-corrected chi connectivity index (χ1v) is 6.96. The van der Waals surface area contributed by atoms with Crippen LogP contribution in [0.15, 0.2) is 36.9 Å². The van der Waals surface area contributed by atoms with Crippen molar-refractivity contribution in [3.63, 3.8) is 0 Å². The predicted molar refractivity (Wildman–Crippen MR) is 79.4 cm³/mol. The van der Waals surface area contributed by atoms with Crippen LogP contribution in [0.4, 0.5) is 5.69 Å². The molecule has 112 valence electrons. The van der Waals surface area contributed by atoms with Gasteiger partial charge in [-0.2, -0.15) is 0 Å². The first kappa shape index (κ1) is 15.3. The molecule has 21 heavy (non-hydrogen) atoms. The number of para-hydroxylation sites is 1. The Kier molecular flexibility index (Phi) is 5.11. The summed E-state index contributed by atoms with van der Waals surface area (Å²) in [6.07, 6.45) is 2.62. The molecule has 0 spiro atoms. The molecule has 1 atom stereocenters. The average Bonchev–Trinajstić information content (AvgIpc) is 2.87. The van der Waals surface area contributed by atoms with E-state index >= 15 is 0 Å². The van der Waals surface area contributed by atoms with E-state index in [9.17, 15) is 14.7 Å². The lowest BCUT2D eigenvalue weighted by Crippen LogP contribution is -2.31. The standard InChI is InChI=1S/C16H19NO4/c1-2-9-21-10-5-8-15(18)17-11-13(16(19)20)12-6-3-4-7-14(12)17/h2-4,6-7,13H,1,5,8-11H2,(H,19,20). The number of aliphatic carboxylic acids is 1. The van der Waals surface area contributed by atoms with Crippen molar-refractivity contribution in [1.82, 2.24) is 0 Å².